The van der Waals surface area contributed by atoms with Crippen molar-refractivity contribution in [1.29, 1.82) is 0 Å². The van der Waals surface area contributed by atoms with E-state index in [0.29, 0.717) is 11.5 Å². The number of thiophene rings is 1. The Morgan fingerprint density at radius 2 is 1.64 bits per heavy atom. The van der Waals surface area contributed by atoms with Gasteiger partial charge in [0, 0.05) is 10.6 Å². The number of ether oxygens (including phenoxy) is 2. The molecule has 3 aromatic rings. The second-order valence-electron chi connectivity index (χ2n) is 5.21. The molecule has 0 bridgehead atoms. The van der Waals surface area contributed by atoms with Crippen molar-refractivity contribution in [1.82, 2.24) is 9.97 Å². The van der Waals surface area contributed by atoms with Gasteiger partial charge in [0.15, 0.2) is 0 Å². The minimum atomic E-state index is -0.548. The van der Waals surface area contributed by atoms with Crippen molar-refractivity contribution in [3.63, 3.8) is 0 Å². The Bertz CT molecular complexity index is 933. The lowest BCUT2D eigenvalue weighted by Gasteiger charge is -2.10. The highest BCUT2D eigenvalue weighted by atomic mass is 32.1. The minimum absolute atomic E-state index is 0.236. The summed E-state index contributed by atoms with van der Waals surface area (Å²) in [5, 5.41) is 4.01. The predicted molar refractivity (Wildman–Crippen MR) is 94.6 cm³/mol. The Kier molecular flexibility index (Phi) is 4.62. The SMILES string of the molecule is COC(=O)c1cc(Nc2ncnc3sc(C)cc23)cc(C(=O)OC)c1. The molecule has 0 aliphatic carbocycles. The van der Waals surface area contributed by atoms with Gasteiger partial charge in [-0.25, -0.2) is 19.6 Å². The standard InChI is InChI=1S/C17H15N3O4S/c1-9-4-13-14(18-8-19-15(13)25-9)20-12-6-10(16(21)23-2)5-11(7-12)17(22)24-3/h4-8H,1-3H3,(H,18,19,20). The summed E-state index contributed by atoms with van der Waals surface area (Å²) in [4.78, 5) is 34.2. The summed E-state index contributed by atoms with van der Waals surface area (Å²) in [5.74, 6) is -0.506. The minimum Gasteiger partial charge on any atom is -0.465 e. The number of hydrogen-bond acceptors (Lipinski definition) is 8. The van der Waals surface area contributed by atoms with E-state index in [9.17, 15) is 9.59 Å². The maximum Gasteiger partial charge on any atom is 0.337 e. The molecule has 0 aliphatic rings. The van der Waals surface area contributed by atoms with Crippen molar-refractivity contribution in [2.24, 2.45) is 0 Å². The quantitative estimate of drug-likeness (QED) is 0.716. The number of benzene rings is 1. The molecule has 0 saturated carbocycles. The van der Waals surface area contributed by atoms with Gasteiger partial charge in [-0.05, 0) is 31.2 Å². The van der Waals surface area contributed by atoms with E-state index in [1.807, 2.05) is 13.0 Å². The molecule has 128 valence electrons. The Morgan fingerprint density at radius 3 is 2.24 bits per heavy atom. The van der Waals surface area contributed by atoms with E-state index in [4.69, 9.17) is 9.47 Å². The summed E-state index contributed by atoms with van der Waals surface area (Å²) >= 11 is 1.56. The summed E-state index contributed by atoms with van der Waals surface area (Å²) in [6.45, 7) is 1.99. The van der Waals surface area contributed by atoms with Gasteiger partial charge in [0.25, 0.3) is 0 Å². The molecule has 8 heteroatoms. The maximum absolute atomic E-state index is 11.9. The molecule has 7 nitrogen and oxygen atoms in total. The number of nitrogens with zero attached hydrogens (tertiary/aromatic N) is 2. The van der Waals surface area contributed by atoms with Crippen LogP contribution in [0.3, 0.4) is 0 Å². The number of carbonyl (C=O) groups excluding carboxylic acids is 2. The van der Waals surface area contributed by atoms with Crippen LogP contribution in [0.5, 0.6) is 0 Å². The number of nitrogens with one attached hydrogen (secondary N) is 1. The average molecular weight is 357 g/mol. The molecule has 0 atom stereocenters. The van der Waals surface area contributed by atoms with Crippen LogP contribution in [0.4, 0.5) is 11.5 Å². The molecule has 0 unspecified atom stereocenters. The monoisotopic (exact) mass is 357 g/mol. The molecule has 25 heavy (non-hydrogen) atoms. The van der Waals surface area contributed by atoms with E-state index in [1.165, 1.54) is 26.6 Å². The second-order valence-corrected chi connectivity index (χ2v) is 6.44. The van der Waals surface area contributed by atoms with Gasteiger partial charge < -0.3 is 14.8 Å². The highest BCUT2D eigenvalue weighted by Gasteiger charge is 2.15. The first kappa shape index (κ1) is 16.8. The van der Waals surface area contributed by atoms with Crippen molar-refractivity contribution in [3.8, 4) is 0 Å². The van der Waals surface area contributed by atoms with Gasteiger partial charge in [0.05, 0.1) is 30.7 Å². The maximum atomic E-state index is 11.9. The summed E-state index contributed by atoms with van der Waals surface area (Å²) in [6, 6.07) is 6.58. The smallest absolute Gasteiger partial charge is 0.337 e. The van der Waals surface area contributed by atoms with E-state index in [2.05, 4.69) is 15.3 Å². The van der Waals surface area contributed by atoms with Crippen molar-refractivity contribution >= 4 is 45.0 Å². The number of anilines is 2. The molecule has 0 saturated heterocycles. The summed E-state index contributed by atoms with van der Waals surface area (Å²) < 4.78 is 9.48. The van der Waals surface area contributed by atoms with E-state index >= 15 is 0 Å². The first-order chi connectivity index (χ1) is 12.0. The lowest BCUT2D eigenvalue weighted by molar-refractivity contribution is 0.0599. The fourth-order valence-corrected chi connectivity index (χ4v) is 3.23. The third-order valence-electron chi connectivity index (χ3n) is 3.49. The van der Waals surface area contributed by atoms with Gasteiger partial charge in [-0.2, -0.15) is 0 Å². The van der Waals surface area contributed by atoms with Gasteiger partial charge in [0.1, 0.15) is 17.0 Å². The fourth-order valence-electron chi connectivity index (χ4n) is 2.38. The highest BCUT2D eigenvalue weighted by molar-refractivity contribution is 7.18. The number of hydrogen-bond donors (Lipinski definition) is 1. The average Bonchev–Trinajstić information content (AvgIpc) is 3.01. The number of fused-ring (bicyclic) bond motifs is 1. The van der Waals surface area contributed by atoms with Gasteiger partial charge in [-0.3, -0.25) is 0 Å². The van der Waals surface area contributed by atoms with E-state index in [0.717, 1.165) is 15.1 Å². The molecule has 0 spiro atoms. The number of aryl methyl sites for hydroxylation is 1. The van der Waals surface area contributed by atoms with Crippen molar-refractivity contribution in [2.45, 2.75) is 6.92 Å². The van der Waals surface area contributed by atoms with Crippen LogP contribution < -0.4 is 5.32 Å². The molecule has 0 fully saturated rings. The zero-order chi connectivity index (χ0) is 18.0. The van der Waals surface area contributed by atoms with Crippen LogP contribution in [0.1, 0.15) is 25.6 Å². The Labute approximate surface area is 147 Å². The Hall–Kier alpha value is -3.00. The number of carbonyl (C=O) groups is 2. The van der Waals surface area contributed by atoms with Crippen molar-refractivity contribution in [3.05, 3.63) is 46.6 Å². The fraction of sp³-hybridized carbons (Fsp3) is 0.176. The van der Waals surface area contributed by atoms with E-state index in [1.54, 1.807) is 23.5 Å². The molecular formula is C17H15N3O4S. The molecule has 2 heterocycles. The lowest BCUT2D eigenvalue weighted by atomic mass is 10.1. The topological polar surface area (TPSA) is 90.4 Å². The summed E-state index contributed by atoms with van der Waals surface area (Å²) in [6.07, 6.45) is 1.46. The van der Waals surface area contributed by atoms with Crippen LogP contribution in [-0.2, 0) is 9.47 Å². The van der Waals surface area contributed by atoms with Crippen LogP contribution in [0.2, 0.25) is 0 Å². The number of methoxy groups -OCH3 is 2. The molecule has 1 N–H and O–H groups in total. The molecule has 1 aromatic carbocycles. The van der Waals surface area contributed by atoms with Crippen molar-refractivity contribution in [2.75, 3.05) is 19.5 Å². The molecule has 0 amide bonds. The van der Waals surface area contributed by atoms with Crippen LogP contribution >= 0.6 is 11.3 Å². The number of rotatable bonds is 4. The lowest BCUT2D eigenvalue weighted by Crippen LogP contribution is -2.08. The van der Waals surface area contributed by atoms with Crippen molar-refractivity contribution < 1.29 is 19.1 Å². The first-order valence-electron chi connectivity index (χ1n) is 7.31. The van der Waals surface area contributed by atoms with Crippen LogP contribution in [-0.4, -0.2) is 36.1 Å². The molecular weight excluding hydrogens is 342 g/mol. The molecule has 0 aliphatic heterocycles. The molecule has 0 radical (unpaired) electrons. The van der Waals surface area contributed by atoms with Gasteiger partial charge in [0.2, 0.25) is 0 Å². The predicted octanol–water partition coefficient (Wildman–Crippen LogP) is 3.32. The zero-order valence-corrected chi connectivity index (χ0v) is 14.6. The zero-order valence-electron chi connectivity index (χ0n) is 13.8. The molecule has 3 rings (SSSR count). The van der Waals surface area contributed by atoms with Crippen LogP contribution in [0.15, 0.2) is 30.6 Å². The van der Waals surface area contributed by atoms with Gasteiger partial charge in [-0.15, -0.1) is 11.3 Å². The largest absolute Gasteiger partial charge is 0.465 e. The number of aromatic nitrogens is 2. The summed E-state index contributed by atoms with van der Waals surface area (Å²) in [7, 11) is 2.56. The number of esters is 2. The van der Waals surface area contributed by atoms with Crippen LogP contribution in [0, 0.1) is 6.92 Å². The second kappa shape index (κ2) is 6.86. The normalized spacial score (nSPS) is 10.5. The van der Waals surface area contributed by atoms with E-state index in [-0.39, 0.29) is 11.1 Å². The van der Waals surface area contributed by atoms with Crippen LogP contribution in [0.25, 0.3) is 10.2 Å². The summed E-state index contributed by atoms with van der Waals surface area (Å²) in [5.41, 5.74) is 0.992. The van der Waals surface area contributed by atoms with E-state index < -0.39 is 11.9 Å². The molecule has 2 aromatic heterocycles. The van der Waals surface area contributed by atoms with Gasteiger partial charge >= 0.3 is 11.9 Å². The highest BCUT2D eigenvalue weighted by Crippen LogP contribution is 2.30. The third-order valence-corrected chi connectivity index (χ3v) is 4.45. The Balaban J connectivity index is 2.06. The first-order valence-corrected chi connectivity index (χ1v) is 8.13. The van der Waals surface area contributed by atoms with Gasteiger partial charge in [-0.1, -0.05) is 0 Å². The Morgan fingerprint density at radius 1 is 1.00 bits per heavy atom. The third kappa shape index (κ3) is 3.43.